The Balaban J connectivity index is 1.36. The van der Waals surface area contributed by atoms with Gasteiger partial charge in [0.2, 0.25) is 0 Å². The van der Waals surface area contributed by atoms with Crippen LogP contribution in [-0.2, 0) is 6.42 Å². The predicted octanol–water partition coefficient (Wildman–Crippen LogP) is 3.17. The molecule has 0 aromatic carbocycles. The number of Topliss-reactive ketones (excluding diaryl/α,β-unsaturated/α-hetero) is 1. The van der Waals surface area contributed by atoms with Crippen LogP contribution in [0.2, 0.25) is 0 Å². The fourth-order valence-electron chi connectivity index (χ4n) is 3.84. The Hall–Kier alpha value is -3.65. The second-order valence-electron chi connectivity index (χ2n) is 8.10. The SMILES string of the molecule is Cc1ncc(-c2ccc3cnc(CC(=O)c4ccnc(N5CCN(C)CC5)c4)cc3n2)o1. The third kappa shape index (κ3) is 4.22. The summed E-state index contributed by atoms with van der Waals surface area (Å²) in [6, 6.07) is 9.34. The number of carbonyl (C=O) groups excluding carboxylic acids is 1. The zero-order valence-corrected chi connectivity index (χ0v) is 18.2. The zero-order valence-electron chi connectivity index (χ0n) is 18.2. The van der Waals surface area contributed by atoms with Gasteiger partial charge in [0.1, 0.15) is 11.5 Å². The molecule has 5 rings (SSSR count). The lowest BCUT2D eigenvalue weighted by Gasteiger charge is -2.33. The van der Waals surface area contributed by atoms with Gasteiger partial charge in [0, 0.05) is 56.4 Å². The van der Waals surface area contributed by atoms with Gasteiger partial charge < -0.3 is 14.2 Å². The standard InChI is InChI=1S/C24H24N6O2/c1-16-26-15-23(32-16)20-4-3-18-14-27-19(12-21(18)28-20)13-22(31)17-5-6-25-24(11-17)30-9-7-29(2)8-10-30/h3-6,11-12,14-15H,7-10,13H2,1-2H3. The van der Waals surface area contributed by atoms with Crippen molar-refractivity contribution in [2.45, 2.75) is 13.3 Å². The van der Waals surface area contributed by atoms with E-state index in [0.717, 1.165) is 42.9 Å². The van der Waals surface area contributed by atoms with Crippen LogP contribution >= 0.6 is 0 Å². The molecule has 0 bridgehead atoms. The lowest BCUT2D eigenvalue weighted by Crippen LogP contribution is -2.44. The zero-order chi connectivity index (χ0) is 22.1. The Morgan fingerprint density at radius 2 is 1.88 bits per heavy atom. The van der Waals surface area contributed by atoms with Gasteiger partial charge in [0.25, 0.3) is 0 Å². The van der Waals surface area contributed by atoms with Gasteiger partial charge in [0.05, 0.1) is 23.8 Å². The summed E-state index contributed by atoms with van der Waals surface area (Å²) in [4.78, 5) is 35.3. The molecule has 1 saturated heterocycles. The molecule has 0 N–H and O–H groups in total. The average Bonchev–Trinajstić information content (AvgIpc) is 3.25. The molecular weight excluding hydrogens is 404 g/mol. The van der Waals surface area contributed by atoms with Crippen molar-refractivity contribution in [3.05, 3.63) is 66.1 Å². The van der Waals surface area contributed by atoms with E-state index in [4.69, 9.17) is 4.42 Å². The molecule has 0 atom stereocenters. The number of likely N-dealkylation sites (N-methyl/N-ethyl adjacent to an activating group) is 1. The summed E-state index contributed by atoms with van der Waals surface area (Å²) in [6.07, 6.45) is 5.33. The molecular formula is C24H24N6O2. The molecule has 162 valence electrons. The molecule has 1 aliphatic rings. The maximum atomic E-state index is 13.0. The minimum atomic E-state index is 0.0108. The van der Waals surface area contributed by atoms with Gasteiger partial charge >= 0.3 is 0 Å². The van der Waals surface area contributed by atoms with Crippen LogP contribution in [-0.4, -0.2) is 63.8 Å². The summed E-state index contributed by atoms with van der Waals surface area (Å²) < 4.78 is 5.58. The van der Waals surface area contributed by atoms with Gasteiger partial charge in [-0.05, 0) is 37.4 Å². The lowest BCUT2D eigenvalue weighted by molar-refractivity contribution is 0.0992. The smallest absolute Gasteiger partial charge is 0.191 e. The number of anilines is 1. The van der Waals surface area contributed by atoms with Crippen LogP contribution in [0.5, 0.6) is 0 Å². The Labute approximate surface area is 185 Å². The number of carbonyl (C=O) groups is 1. The summed E-state index contributed by atoms with van der Waals surface area (Å²) in [5.74, 6) is 2.07. The van der Waals surface area contributed by atoms with Gasteiger partial charge in [-0.2, -0.15) is 0 Å². The molecule has 0 saturated carbocycles. The summed E-state index contributed by atoms with van der Waals surface area (Å²) in [7, 11) is 2.12. The molecule has 32 heavy (non-hydrogen) atoms. The van der Waals surface area contributed by atoms with Gasteiger partial charge in [-0.15, -0.1) is 0 Å². The number of piperazine rings is 1. The molecule has 0 aliphatic carbocycles. The lowest BCUT2D eigenvalue weighted by atomic mass is 10.1. The Bertz CT molecular complexity index is 1280. The van der Waals surface area contributed by atoms with Crippen LogP contribution in [0, 0.1) is 6.92 Å². The minimum Gasteiger partial charge on any atom is -0.439 e. The van der Waals surface area contributed by atoms with E-state index in [0.29, 0.717) is 28.6 Å². The van der Waals surface area contributed by atoms with Gasteiger partial charge in [-0.3, -0.25) is 9.78 Å². The number of hydrogen-bond donors (Lipinski definition) is 0. The second kappa shape index (κ2) is 8.47. The number of aromatic nitrogens is 4. The number of pyridine rings is 3. The average molecular weight is 428 g/mol. The molecule has 1 aliphatic heterocycles. The largest absolute Gasteiger partial charge is 0.439 e. The quantitative estimate of drug-likeness (QED) is 0.448. The van der Waals surface area contributed by atoms with Gasteiger partial charge in [-0.1, -0.05) is 0 Å². The molecule has 0 unspecified atom stereocenters. The van der Waals surface area contributed by atoms with E-state index in [9.17, 15) is 4.79 Å². The maximum absolute atomic E-state index is 13.0. The number of ketones is 1. The number of rotatable bonds is 5. The van der Waals surface area contributed by atoms with Crippen LogP contribution in [0.1, 0.15) is 21.9 Å². The first kappa shape index (κ1) is 20.3. The van der Waals surface area contributed by atoms with E-state index >= 15 is 0 Å². The molecule has 4 aromatic heterocycles. The summed E-state index contributed by atoms with van der Waals surface area (Å²) in [5, 5.41) is 0.905. The molecule has 4 aromatic rings. The first-order valence-electron chi connectivity index (χ1n) is 10.7. The molecule has 0 radical (unpaired) electrons. The van der Waals surface area contributed by atoms with Crippen LogP contribution in [0.15, 0.2) is 53.3 Å². The van der Waals surface area contributed by atoms with Crippen molar-refractivity contribution in [1.82, 2.24) is 24.8 Å². The fraction of sp³-hybridized carbons (Fsp3) is 0.292. The summed E-state index contributed by atoms with van der Waals surface area (Å²) >= 11 is 0. The van der Waals surface area contributed by atoms with Crippen molar-refractivity contribution >= 4 is 22.5 Å². The second-order valence-corrected chi connectivity index (χ2v) is 8.10. The van der Waals surface area contributed by atoms with E-state index in [1.165, 1.54) is 0 Å². The normalized spacial score (nSPS) is 14.8. The monoisotopic (exact) mass is 428 g/mol. The van der Waals surface area contributed by atoms with Crippen molar-refractivity contribution in [1.29, 1.82) is 0 Å². The summed E-state index contributed by atoms with van der Waals surface area (Å²) in [5.41, 5.74) is 2.79. The van der Waals surface area contributed by atoms with E-state index in [2.05, 4.69) is 36.8 Å². The van der Waals surface area contributed by atoms with Gasteiger partial charge in [0.15, 0.2) is 17.4 Å². The molecule has 0 spiro atoms. The predicted molar refractivity (Wildman–Crippen MR) is 122 cm³/mol. The van der Waals surface area contributed by atoms with Gasteiger partial charge in [-0.25, -0.2) is 15.0 Å². The Morgan fingerprint density at radius 3 is 2.66 bits per heavy atom. The third-order valence-electron chi connectivity index (χ3n) is 5.74. The molecule has 5 heterocycles. The van der Waals surface area contributed by atoms with Crippen molar-refractivity contribution in [2.75, 3.05) is 38.1 Å². The number of aryl methyl sites for hydroxylation is 1. The highest BCUT2D eigenvalue weighted by Crippen LogP contribution is 2.22. The van der Waals surface area contributed by atoms with E-state index < -0.39 is 0 Å². The maximum Gasteiger partial charge on any atom is 0.191 e. The minimum absolute atomic E-state index is 0.0108. The Kier molecular flexibility index (Phi) is 5.36. The van der Waals surface area contributed by atoms with Crippen molar-refractivity contribution in [2.24, 2.45) is 0 Å². The molecule has 1 fully saturated rings. The Morgan fingerprint density at radius 1 is 1.03 bits per heavy atom. The van der Waals surface area contributed by atoms with Crippen molar-refractivity contribution in [3.8, 4) is 11.5 Å². The van der Waals surface area contributed by atoms with E-state index in [-0.39, 0.29) is 12.2 Å². The molecule has 8 heteroatoms. The fourth-order valence-corrected chi connectivity index (χ4v) is 3.84. The highest BCUT2D eigenvalue weighted by atomic mass is 16.4. The first-order chi connectivity index (χ1) is 15.5. The number of fused-ring (bicyclic) bond motifs is 1. The topological polar surface area (TPSA) is 88.3 Å². The van der Waals surface area contributed by atoms with Crippen LogP contribution in [0.4, 0.5) is 5.82 Å². The van der Waals surface area contributed by atoms with Crippen molar-refractivity contribution < 1.29 is 9.21 Å². The highest BCUT2D eigenvalue weighted by molar-refractivity contribution is 5.98. The van der Waals surface area contributed by atoms with E-state index in [1.54, 1.807) is 31.6 Å². The summed E-state index contributed by atoms with van der Waals surface area (Å²) in [6.45, 7) is 5.59. The number of oxazole rings is 1. The van der Waals surface area contributed by atoms with Crippen molar-refractivity contribution in [3.63, 3.8) is 0 Å². The number of hydrogen-bond acceptors (Lipinski definition) is 8. The van der Waals surface area contributed by atoms with Crippen LogP contribution < -0.4 is 4.90 Å². The molecule has 0 amide bonds. The molecule has 8 nitrogen and oxygen atoms in total. The highest BCUT2D eigenvalue weighted by Gasteiger charge is 2.17. The van der Waals surface area contributed by atoms with Crippen LogP contribution in [0.3, 0.4) is 0 Å². The third-order valence-corrected chi connectivity index (χ3v) is 5.74. The first-order valence-corrected chi connectivity index (χ1v) is 10.7. The number of nitrogens with zero attached hydrogens (tertiary/aromatic N) is 6. The van der Waals surface area contributed by atoms with E-state index in [1.807, 2.05) is 24.3 Å². The van der Waals surface area contributed by atoms with Crippen LogP contribution in [0.25, 0.3) is 22.4 Å².